The Morgan fingerprint density at radius 3 is 2.59 bits per heavy atom. The Morgan fingerprint density at radius 1 is 1.41 bits per heavy atom. The van der Waals surface area contributed by atoms with Crippen molar-refractivity contribution in [2.75, 3.05) is 23.0 Å². The van der Waals surface area contributed by atoms with Crippen LogP contribution in [0.5, 0.6) is 0 Å². The van der Waals surface area contributed by atoms with Crippen molar-refractivity contribution in [2.45, 2.75) is 39.3 Å². The second kappa shape index (κ2) is 6.60. The van der Waals surface area contributed by atoms with Gasteiger partial charge in [-0.15, -0.1) is 0 Å². The van der Waals surface area contributed by atoms with E-state index in [-0.39, 0.29) is 35.2 Å². The molecule has 0 bridgehead atoms. The minimum Gasteiger partial charge on any atom is -0.352 e. The number of aromatic nitrogens is 2. The van der Waals surface area contributed by atoms with E-state index in [2.05, 4.69) is 15.3 Å². The zero-order valence-electron chi connectivity index (χ0n) is 13.1. The summed E-state index contributed by atoms with van der Waals surface area (Å²) in [5.41, 5.74) is 0.257. The summed E-state index contributed by atoms with van der Waals surface area (Å²) < 4.78 is 23.2. The molecule has 1 fully saturated rings. The van der Waals surface area contributed by atoms with Crippen LogP contribution in [0.1, 0.15) is 37.7 Å². The predicted octanol–water partition coefficient (Wildman–Crippen LogP) is 0.628. The normalized spacial score (nSPS) is 20.1. The molecule has 1 saturated heterocycles. The Balaban J connectivity index is 2.13. The Bertz CT molecular complexity index is 628. The van der Waals surface area contributed by atoms with Gasteiger partial charge in [0.25, 0.3) is 5.91 Å². The van der Waals surface area contributed by atoms with Gasteiger partial charge in [0.2, 0.25) is 0 Å². The molecule has 0 aliphatic carbocycles. The Hall–Kier alpha value is -1.70. The van der Waals surface area contributed by atoms with Crippen LogP contribution in [-0.2, 0) is 9.84 Å². The molecule has 0 saturated carbocycles. The number of carbonyl (C=O) groups is 1. The van der Waals surface area contributed by atoms with E-state index in [1.165, 1.54) is 12.4 Å². The minimum absolute atomic E-state index is 0.0322. The number of amides is 1. The van der Waals surface area contributed by atoms with Gasteiger partial charge in [-0.1, -0.05) is 0 Å². The van der Waals surface area contributed by atoms with Gasteiger partial charge >= 0.3 is 0 Å². The highest BCUT2D eigenvalue weighted by Gasteiger charge is 2.32. The van der Waals surface area contributed by atoms with Crippen molar-refractivity contribution < 1.29 is 13.2 Å². The van der Waals surface area contributed by atoms with Crippen molar-refractivity contribution >= 4 is 21.6 Å². The largest absolute Gasteiger partial charge is 0.352 e. The first-order valence-electron chi connectivity index (χ1n) is 7.42. The smallest absolute Gasteiger partial charge is 0.271 e. The third-order valence-electron chi connectivity index (χ3n) is 3.57. The molecule has 1 aromatic rings. The monoisotopic (exact) mass is 326 g/mol. The van der Waals surface area contributed by atoms with Crippen molar-refractivity contribution in [1.29, 1.82) is 0 Å². The zero-order valence-corrected chi connectivity index (χ0v) is 13.9. The average molecular weight is 326 g/mol. The van der Waals surface area contributed by atoms with Gasteiger partial charge < -0.3 is 10.2 Å². The van der Waals surface area contributed by atoms with Crippen molar-refractivity contribution in [3.8, 4) is 0 Å². The molecule has 1 aliphatic heterocycles. The molecule has 122 valence electrons. The molecule has 1 amide bonds. The van der Waals surface area contributed by atoms with Gasteiger partial charge in [-0.05, 0) is 27.2 Å². The summed E-state index contributed by atoms with van der Waals surface area (Å²) in [6.07, 6.45) is 3.57. The van der Waals surface area contributed by atoms with Crippen LogP contribution in [0.15, 0.2) is 12.4 Å². The molecular formula is C14H22N4O3S. The molecule has 22 heavy (non-hydrogen) atoms. The second-order valence-electron chi connectivity index (χ2n) is 5.73. The van der Waals surface area contributed by atoms with Gasteiger partial charge in [-0.2, -0.15) is 0 Å². The van der Waals surface area contributed by atoms with Crippen LogP contribution >= 0.6 is 0 Å². The van der Waals surface area contributed by atoms with E-state index in [1.54, 1.807) is 0 Å². The van der Waals surface area contributed by atoms with Gasteiger partial charge in [-0.25, -0.2) is 18.4 Å². The van der Waals surface area contributed by atoms with Gasteiger partial charge in [0.15, 0.2) is 9.84 Å². The molecule has 2 heterocycles. The fraction of sp³-hybridized carbons (Fsp3) is 0.643. The number of carbonyl (C=O) groups excluding carboxylic acids is 1. The topological polar surface area (TPSA) is 92.3 Å². The van der Waals surface area contributed by atoms with E-state index in [4.69, 9.17) is 0 Å². The van der Waals surface area contributed by atoms with Gasteiger partial charge in [0, 0.05) is 18.6 Å². The fourth-order valence-corrected chi connectivity index (χ4v) is 4.28. The Labute approximate surface area is 131 Å². The quantitative estimate of drug-likeness (QED) is 0.853. The van der Waals surface area contributed by atoms with E-state index in [9.17, 15) is 13.2 Å². The van der Waals surface area contributed by atoms with Crippen LogP contribution in [0.2, 0.25) is 0 Å². The third kappa shape index (κ3) is 3.94. The first-order chi connectivity index (χ1) is 10.3. The molecular weight excluding hydrogens is 304 g/mol. The highest BCUT2D eigenvalue weighted by Crippen LogP contribution is 2.22. The summed E-state index contributed by atoms with van der Waals surface area (Å²) in [5.74, 6) is 0.709. The molecule has 1 N–H and O–H groups in total. The lowest BCUT2D eigenvalue weighted by atomic mass is 10.2. The molecule has 1 unspecified atom stereocenters. The van der Waals surface area contributed by atoms with Gasteiger partial charge in [0.05, 0.1) is 23.9 Å². The van der Waals surface area contributed by atoms with Crippen molar-refractivity contribution in [2.24, 2.45) is 0 Å². The van der Waals surface area contributed by atoms with Crippen molar-refractivity contribution in [3.63, 3.8) is 0 Å². The maximum absolute atomic E-state index is 11.8. The molecule has 0 radical (unpaired) electrons. The van der Waals surface area contributed by atoms with E-state index in [0.717, 1.165) is 0 Å². The standard InChI is InChI=1S/C14H22N4O3S/c1-4-18(11-5-6-22(20,21)9-11)13-8-15-12(7-16-13)14(19)17-10(2)3/h7-8,10-11H,4-6,9H2,1-3H3,(H,17,19). The van der Waals surface area contributed by atoms with E-state index < -0.39 is 9.84 Å². The summed E-state index contributed by atoms with van der Waals surface area (Å²) in [5, 5.41) is 2.75. The summed E-state index contributed by atoms with van der Waals surface area (Å²) in [7, 11) is -2.95. The number of anilines is 1. The van der Waals surface area contributed by atoms with Gasteiger partial charge in [0.1, 0.15) is 11.5 Å². The maximum Gasteiger partial charge on any atom is 0.271 e. The molecule has 0 spiro atoms. The molecule has 1 atom stereocenters. The van der Waals surface area contributed by atoms with Crippen LogP contribution < -0.4 is 10.2 Å². The number of nitrogens with zero attached hydrogens (tertiary/aromatic N) is 3. The molecule has 0 aromatic carbocycles. The number of hydrogen-bond donors (Lipinski definition) is 1. The first-order valence-corrected chi connectivity index (χ1v) is 9.24. The molecule has 1 aliphatic rings. The number of rotatable bonds is 5. The van der Waals surface area contributed by atoms with E-state index in [0.29, 0.717) is 18.8 Å². The van der Waals surface area contributed by atoms with E-state index in [1.807, 2.05) is 25.7 Å². The zero-order chi connectivity index (χ0) is 16.3. The second-order valence-corrected chi connectivity index (χ2v) is 7.96. The minimum atomic E-state index is -2.95. The molecule has 7 nitrogen and oxygen atoms in total. The first kappa shape index (κ1) is 16.7. The third-order valence-corrected chi connectivity index (χ3v) is 5.33. The fourth-order valence-electron chi connectivity index (χ4n) is 2.55. The summed E-state index contributed by atoms with van der Waals surface area (Å²) in [6, 6.07) is -0.0375. The van der Waals surface area contributed by atoms with Gasteiger partial charge in [-0.3, -0.25) is 4.79 Å². The van der Waals surface area contributed by atoms with Crippen molar-refractivity contribution in [3.05, 3.63) is 18.1 Å². The summed E-state index contributed by atoms with van der Waals surface area (Å²) >= 11 is 0. The average Bonchev–Trinajstić information content (AvgIpc) is 2.80. The number of hydrogen-bond acceptors (Lipinski definition) is 6. The molecule has 8 heteroatoms. The number of nitrogens with one attached hydrogen (secondary N) is 1. The maximum atomic E-state index is 11.8. The van der Waals surface area contributed by atoms with Crippen LogP contribution in [0, 0.1) is 0 Å². The Morgan fingerprint density at radius 2 is 2.14 bits per heavy atom. The highest BCUT2D eigenvalue weighted by molar-refractivity contribution is 7.91. The van der Waals surface area contributed by atoms with Crippen LogP contribution in [0.25, 0.3) is 0 Å². The lowest BCUT2D eigenvalue weighted by molar-refractivity contribution is 0.0937. The molecule has 2 rings (SSSR count). The SMILES string of the molecule is CCN(c1cnc(C(=O)NC(C)C)cn1)C1CCS(=O)(=O)C1. The van der Waals surface area contributed by atoms with Crippen LogP contribution in [0.3, 0.4) is 0 Å². The predicted molar refractivity (Wildman–Crippen MR) is 84.7 cm³/mol. The summed E-state index contributed by atoms with van der Waals surface area (Å²) in [6.45, 7) is 6.34. The lowest BCUT2D eigenvalue weighted by Crippen LogP contribution is -2.37. The van der Waals surface area contributed by atoms with E-state index >= 15 is 0 Å². The number of sulfone groups is 1. The lowest BCUT2D eigenvalue weighted by Gasteiger charge is -2.27. The van der Waals surface area contributed by atoms with Crippen LogP contribution in [0.4, 0.5) is 5.82 Å². The summed E-state index contributed by atoms with van der Waals surface area (Å²) in [4.78, 5) is 22.2. The molecule has 1 aromatic heterocycles. The van der Waals surface area contributed by atoms with Crippen LogP contribution in [-0.4, -0.2) is 54.4 Å². The highest BCUT2D eigenvalue weighted by atomic mass is 32.2. The van der Waals surface area contributed by atoms with Crippen molar-refractivity contribution in [1.82, 2.24) is 15.3 Å². The Kier molecular flexibility index (Phi) is 5.00.